The summed E-state index contributed by atoms with van der Waals surface area (Å²) in [5, 5.41) is 0. The van der Waals surface area contributed by atoms with E-state index in [9.17, 15) is 0 Å². The summed E-state index contributed by atoms with van der Waals surface area (Å²) in [6, 6.07) is 57.6. The molecule has 0 saturated carbocycles. The van der Waals surface area contributed by atoms with E-state index in [1.54, 1.807) is 0 Å². The van der Waals surface area contributed by atoms with Gasteiger partial charge in [-0.1, -0.05) is 169 Å². The molecule has 0 aromatic heterocycles. The molecule has 3 aliphatic rings. The average molecular weight is 698 g/mol. The summed E-state index contributed by atoms with van der Waals surface area (Å²) in [6.45, 7) is 14.3. The van der Waals surface area contributed by atoms with Crippen LogP contribution in [-0.4, -0.2) is 0 Å². The van der Waals surface area contributed by atoms with E-state index in [0.717, 1.165) is 12.8 Å². The Hall–Kier alpha value is -5.66. The van der Waals surface area contributed by atoms with Crippen LogP contribution in [0, 0.1) is 0 Å². The maximum atomic E-state index is 2.59. The van der Waals surface area contributed by atoms with Crippen molar-refractivity contribution in [3.05, 3.63) is 185 Å². The lowest BCUT2D eigenvalue weighted by Crippen LogP contribution is -2.23. The van der Waals surface area contributed by atoms with Crippen molar-refractivity contribution < 1.29 is 0 Å². The highest BCUT2D eigenvalue weighted by Gasteiger charge is 2.43. The van der Waals surface area contributed by atoms with E-state index < -0.39 is 0 Å². The summed E-state index contributed by atoms with van der Waals surface area (Å²) in [5.41, 5.74) is 22.5. The summed E-state index contributed by atoms with van der Waals surface area (Å²) >= 11 is 0. The summed E-state index contributed by atoms with van der Waals surface area (Å²) in [6.07, 6.45) is 2.16. The highest BCUT2D eigenvalue weighted by Crippen LogP contribution is 2.59. The van der Waals surface area contributed by atoms with Gasteiger partial charge in [-0.3, -0.25) is 0 Å². The first-order chi connectivity index (χ1) is 26.2. The fourth-order valence-electron chi connectivity index (χ4n) is 10.9. The Morgan fingerprint density at radius 1 is 0.389 bits per heavy atom. The van der Waals surface area contributed by atoms with Crippen LogP contribution in [0.5, 0.6) is 0 Å². The van der Waals surface area contributed by atoms with Gasteiger partial charge in [-0.2, -0.15) is 0 Å². The van der Waals surface area contributed by atoms with Crippen molar-refractivity contribution in [2.75, 3.05) is 4.90 Å². The van der Waals surface area contributed by atoms with Crippen molar-refractivity contribution in [2.24, 2.45) is 0 Å². The van der Waals surface area contributed by atoms with Crippen molar-refractivity contribution in [3.8, 4) is 44.5 Å². The molecule has 7 aromatic carbocycles. The predicted octanol–water partition coefficient (Wildman–Crippen LogP) is 14.5. The Balaban J connectivity index is 1.27. The first-order valence-electron chi connectivity index (χ1n) is 19.8. The number of rotatable bonds is 6. The normalized spacial score (nSPS) is 15.8. The molecule has 0 bridgehead atoms. The second-order valence-corrected chi connectivity index (χ2v) is 16.7. The number of hydrogen-bond acceptors (Lipinski definition) is 1. The third-order valence-corrected chi connectivity index (χ3v) is 13.6. The third-order valence-electron chi connectivity index (χ3n) is 13.6. The van der Waals surface area contributed by atoms with Gasteiger partial charge in [-0.25, -0.2) is 0 Å². The van der Waals surface area contributed by atoms with Gasteiger partial charge in [0, 0.05) is 27.5 Å². The molecule has 7 aromatic rings. The molecule has 54 heavy (non-hydrogen) atoms. The van der Waals surface area contributed by atoms with Crippen LogP contribution in [0.25, 0.3) is 44.5 Å². The quantitative estimate of drug-likeness (QED) is 0.167. The minimum Gasteiger partial charge on any atom is -0.310 e. The molecular weight excluding hydrogens is 651 g/mol. The number of benzene rings is 7. The van der Waals surface area contributed by atoms with Crippen LogP contribution in [-0.2, 0) is 16.2 Å². The van der Waals surface area contributed by atoms with Crippen molar-refractivity contribution in [1.82, 2.24) is 0 Å². The van der Waals surface area contributed by atoms with Crippen LogP contribution in [0.4, 0.5) is 17.1 Å². The van der Waals surface area contributed by atoms with Gasteiger partial charge in [0.15, 0.2) is 0 Å². The lowest BCUT2D eigenvalue weighted by atomic mass is 9.74. The van der Waals surface area contributed by atoms with Gasteiger partial charge < -0.3 is 4.90 Å². The molecule has 0 amide bonds. The number of nitrogens with zero attached hydrogens (tertiary/aromatic N) is 1. The number of fused-ring (bicyclic) bond motifs is 9. The lowest BCUT2D eigenvalue weighted by Gasteiger charge is -2.34. The van der Waals surface area contributed by atoms with E-state index in [2.05, 4.69) is 198 Å². The van der Waals surface area contributed by atoms with Gasteiger partial charge in [0.05, 0.1) is 11.4 Å². The van der Waals surface area contributed by atoms with Gasteiger partial charge in [-0.05, 0) is 109 Å². The Morgan fingerprint density at radius 2 is 0.889 bits per heavy atom. The highest BCUT2D eigenvalue weighted by molar-refractivity contribution is 6.00. The van der Waals surface area contributed by atoms with E-state index in [1.807, 2.05) is 0 Å². The van der Waals surface area contributed by atoms with E-state index in [4.69, 9.17) is 0 Å². The number of para-hydroxylation sites is 1. The molecule has 0 atom stereocenters. The molecule has 0 radical (unpaired) electrons. The van der Waals surface area contributed by atoms with E-state index in [0.29, 0.717) is 0 Å². The van der Waals surface area contributed by atoms with Crippen LogP contribution in [0.3, 0.4) is 0 Å². The zero-order chi connectivity index (χ0) is 37.0. The standard InChI is InChI=1S/C53H47N/c1-7-53(8-2)44-27-15-10-20-36(44)41-33-34(31-32-45(41)53)54(48-30-18-24-39-35-19-9-13-25-42(35)52(5,6)50(39)48)47-29-16-12-21-37(47)38-23-17-28-46-49(38)40-22-11-14-26-43(40)51(46,3)4/h9-33H,7-8H2,1-6H3. The van der Waals surface area contributed by atoms with Gasteiger partial charge in [0.25, 0.3) is 0 Å². The molecule has 0 heterocycles. The number of anilines is 3. The molecule has 264 valence electrons. The molecule has 0 fully saturated rings. The molecule has 0 aliphatic heterocycles. The molecule has 0 unspecified atom stereocenters. The molecule has 1 heteroatoms. The minimum atomic E-state index is -0.185. The molecule has 10 rings (SSSR count). The lowest BCUT2D eigenvalue weighted by molar-refractivity contribution is 0.490. The minimum absolute atomic E-state index is 0.0234. The largest absolute Gasteiger partial charge is 0.310 e. The Labute approximate surface area is 321 Å². The Morgan fingerprint density at radius 3 is 1.61 bits per heavy atom. The first-order valence-corrected chi connectivity index (χ1v) is 19.8. The molecule has 0 N–H and O–H groups in total. The van der Waals surface area contributed by atoms with Crippen molar-refractivity contribution >= 4 is 17.1 Å². The summed E-state index contributed by atoms with van der Waals surface area (Å²) in [5.74, 6) is 0. The van der Waals surface area contributed by atoms with Gasteiger partial charge >= 0.3 is 0 Å². The molecular formula is C53H47N. The van der Waals surface area contributed by atoms with Gasteiger partial charge in [0.2, 0.25) is 0 Å². The fourth-order valence-corrected chi connectivity index (χ4v) is 10.9. The molecule has 3 aliphatic carbocycles. The summed E-state index contributed by atoms with van der Waals surface area (Å²) in [4.78, 5) is 2.59. The summed E-state index contributed by atoms with van der Waals surface area (Å²) < 4.78 is 0. The Bertz CT molecular complexity index is 2650. The first kappa shape index (κ1) is 32.9. The molecule has 0 saturated heterocycles. The average Bonchev–Trinajstić information content (AvgIpc) is 3.73. The summed E-state index contributed by atoms with van der Waals surface area (Å²) in [7, 11) is 0. The zero-order valence-electron chi connectivity index (χ0n) is 32.3. The fraction of sp³-hybridized carbons (Fsp3) is 0.208. The Kier molecular flexibility index (Phi) is 7.12. The van der Waals surface area contributed by atoms with Gasteiger partial charge in [0.1, 0.15) is 0 Å². The maximum Gasteiger partial charge on any atom is 0.0540 e. The molecule has 0 spiro atoms. The van der Waals surface area contributed by atoms with Crippen LogP contribution < -0.4 is 4.90 Å². The molecule has 1 nitrogen and oxygen atoms in total. The van der Waals surface area contributed by atoms with Crippen LogP contribution in [0.15, 0.2) is 152 Å². The van der Waals surface area contributed by atoms with Crippen molar-refractivity contribution in [1.29, 1.82) is 0 Å². The van der Waals surface area contributed by atoms with Crippen LogP contribution in [0.1, 0.15) is 87.8 Å². The SMILES string of the molecule is CCC1(CC)c2ccccc2-c2cc(N(c3ccccc3-c3cccc4c3-c3ccccc3C4(C)C)c3cccc4c3C(C)(C)c3ccccc3-4)ccc21. The zero-order valence-corrected chi connectivity index (χ0v) is 32.3. The van der Waals surface area contributed by atoms with Crippen LogP contribution >= 0.6 is 0 Å². The van der Waals surface area contributed by atoms with Gasteiger partial charge in [-0.15, -0.1) is 0 Å². The third kappa shape index (κ3) is 4.27. The van der Waals surface area contributed by atoms with Crippen molar-refractivity contribution in [3.63, 3.8) is 0 Å². The highest BCUT2D eigenvalue weighted by atomic mass is 15.1. The number of hydrogen-bond donors (Lipinski definition) is 0. The van der Waals surface area contributed by atoms with E-state index >= 15 is 0 Å². The van der Waals surface area contributed by atoms with E-state index in [1.165, 1.54) is 95.0 Å². The maximum absolute atomic E-state index is 2.59. The predicted molar refractivity (Wildman–Crippen MR) is 228 cm³/mol. The topological polar surface area (TPSA) is 3.24 Å². The monoisotopic (exact) mass is 697 g/mol. The van der Waals surface area contributed by atoms with E-state index in [-0.39, 0.29) is 16.2 Å². The smallest absolute Gasteiger partial charge is 0.0540 e. The van der Waals surface area contributed by atoms with Crippen LogP contribution in [0.2, 0.25) is 0 Å². The van der Waals surface area contributed by atoms with Crippen molar-refractivity contribution in [2.45, 2.75) is 70.6 Å². The second kappa shape index (κ2) is 11.7. The second-order valence-electron chi connectivity index (χ2n) is 16.7.